The molecule has 0 saturated heterocycles. The second kappa shape index (κ2) is 7.23. The molecule has 130 valence electrons. The number of para-hydroxylation sites is 1. The maximum absolute atomic E-state index is 13.3. The van der Waals surface area contributed by atoms with Gasteiger partial charge >= 0.3 is 0 Å². The van der Waals surface area contributed by atoms with Gasteiger partial charge in [-0.1, -0.05) is 24.3 Å². The predicted molar refractivity (Wildman–Crippen MR) is 102 cm³/mol. The molecule has 0 bridgehead atoms. The first kappa shape index (κ1) is 16.1. The van der Waals surface area contributed by atoms with Gasteiger partial charge in [0.2, 0.25) is 5.95 Å². The lowest BCUT2D eigenvalue weighted by atomic mass is 10.1. The van der Waals surface area contributed by atoms with Crippen molar-refractivity contribution >= 4 is 28.4 Å². The summed E-state index contributed by atoms with van der Waals surface area (Å²) in [5.74, 6) is 0.842. The van der Waals surface area contributed by atoms with E-state index in [4.69, 9.17) is 0 Å². The molecule has 0 saturated carbocycles. The van der Waals surface area contributed by atoms with E-state index in [0.717, 1.165) is 24.3 Å². The number of benzene rings is 2. The second-order valence-electron chi connectivity index (χ2n) is 5.94. The summed E-state index contributed by atoms with van der Waals surface area (Å²) < 4.78 is 13.3. The molecule has 3 N–H and O–H groups in total. The molecule has 2 aromatic heterocycles. The van der Waals surface area contributed by atoms with Crippen LogP contribution in [0.2, 0.25) is 0 Å². The Kier molecular flexibility index (Phi) is 4.47. The minimum absolute atomic E-state index is 0.303. The molecule has 5 nitrogen and oxygen atoms in total. The summed E-state index contributed by atoms with van der Waals surface area (Å²) in [4.78, 5) is 11.9. The van der Waals surface area contributed by atoms with Crippen LogP contribution in [-0.2, 0) is 6.42 Å². The van der Waals surface area contributed by atoms with Gasteiger partial charge in [-0.25, -0.2) is 9.37 Å². The Morgan fingerprint density at radius 3 is 2.88 bits per heavy atom. The van der Waals surface area contributed by atoms with Gasteiger partial charge in [0.1, 0.15) is 11.6 Å². The van der Waals surface area contributed by atoms with Crippen LogP contribution in [0.25, 0.3) is 10.9 Å². The van der Waals surface area contributed by atoms with E-state index < -0.39 is 0 Å². The van der Waals surface area contributed by atoms with E-state index in [9.17, 15) is 4.39 Å². The number of hydrogen-bond acceptors (Lipinski definition) is 4. The zero-order valence-corrected chi connectivity index (χ0v) is 14.0. The molecule has 0 unspecified atom stereocenters. The molecule has 26 heavy (non-hydrogen) atoms. The molecule has 2 aromatic carbocycles. The first-order chi connectivity index (χ1) is 12.8. The number of nitrogens with one attached hydrogen (secondary N) is 3. The van der Waals surface area contributed by atoms with Crippen molar-refractivity contribution in [1.82, 2.24) is 15.0 Å². The molecule has 0 aliphatic rings. The molecule has 0 amide bonds. The Bertz CT molecular complexity index is 1030. The molecular formula is C20H18FN5. The number of nitrogens with zero attached hydrogens (tertiary/aromatic N) is 2. The van der Waals surface area contributed by atoms with E-state index in [1.165, 1.54) is 23.1 Å². The molecular weight excluding hydrogens is 329 g/mol. The van der Waals surface area contributed by atoms with Gasteiger partial charge in [0.05, 0.1) is 0 Å². The quantitative estimate of drug-likeness (QED) is 0.481. The SMILES string of the molecule is Fc1cccc(Nc2nccc(NCCc3c[nH]c4ccccc34)n2)c1. The van der Waals surface area contributed by atoms with Gasteiger partial charge in [0.15, 0.2) is 0 Å². The van der Waals surface area contributed by atoms with Crippen molar-refractivity contribution in [3.05, 3.63) is 78.4 Å². The highest BCUT2D eigenvalue weighted by Crippen LogP contribution is 2.18. The molecule has 0 fully saturated rings. The summed E-state index contributed by atoms with van der Waals surface area (Å²) in [6.07, 6.45) is 4.59. The van der Waals surface area contributed by atoms with Crippen LogP contribution in [0.3, 0.4) is 0 Å². The molecule has 4 aromatic rings. The van der Waals surface area contributed by atoms with Crippen molar-refractivity contribution < 1.29 is 4.39 Å². The normalized spacial score (nSPS) is 10.8. The number of hydrogen-bond donors (Lipinski definition) is 3. The van der Waals surface area contributed by atoms with Crippen molar-refractivity contribution in [1.29, 1.82) is 0 Å². The van der Waals surface area contributed by atoms with Crippen molar-refractivity contribution in [2.24, 2.45) is 0 Å². The summed E-state index contributed by atoms with van der Waals surface area (Å²) in [6, 6.07) is 16.3. The van der Waals surface area contributed by atoms with Crippen molar-refractivity contribution in [3.8, 4) is 0 Å². The van der Waals surface area contributed by atoms with E-state index in [0.29, 0.717) is 11.6 Å². The van der Waals surface area contributed by atoms with E-state index in [1.807, 2.05) is 24.4 Å². The van der Waals surface area contributed by atoms with Crippen LogP contribution < -0.4 is 10.6 Å². The third-order valence-electron chi connectivity index (χ3n) is 4.11. The molecule has 0 aliphatic heterocycles. The van der Waals surface area contributed by atoms with Crippen LogP contribution in [0.15, 0.2) is 67.0 Å². The van der Waals surface area contributed by atoms with Crippen molar-refractivity contribution in [2.75, 3.05) is 17.2 Å². The number of rotatable bonds is 6. The van der Waals surface area contributed by atoms with Crippen molar-refractivity contribution in [2.45, 2.75) is 6.42 Å². The monoisotopic (exact) mass is 347 g/mol. The fraction of sp³-hybridized carbons (Fsp3) is 0.100. The standard InChI is InChI=1S/C20H18FN5/c21-15-4-3-5-16(12-15)25-20-23-11-9-19(26-20)22-10-8-14-13-24-18-7-2-1-6-17(14)18/h1-7,9,11-13,24H,8,10H2,(H2,22,23,25,26). The van der Waals surface area contributed by atoms with Gasteiger partial charge in [-0.2, -0.15) is 4.98 Å². The van der Waals surface area contributed by atoms with Crippen LogP contribution in [0.4, 0.5) is 21.8 Å². The second-order valence-corrected chi connectivity index (χ2v) is 5.94. The van der Waals surface area contributed by atoms with Gasteiger partial charge in [-0.3, -0.25) is 0 Å². The number of H-pyrrole nitrogens is 1. The lowest BCUT2D eigenvalue weighted by Crippen LogP contribution is -2.07. The molecule has 0 atom stereocenters. The van der Waals surface area contributed by atoms with Gasteiger partial charge in [-0.15, -0.1) is 0 Å². The third kappa shape index (κ3) is 3.64. The Hall–Kier alpha value is -3.41. The number of anilines is 3. The van der Waals surface area contributed by atoms with Gasteiger partial charge in [-0.05, 0) is 42.3 Å². The Balaban J connectivity index is 1.39. The lowest BCUT2D eigenvalue weighted by molar-refractivity contribution is 0.628. The predicted octanol–water partition coefficient (Wildman–Crippen LogP) is 4.50. The average Bonchev–Trinajstić information content (AvgIpc) is 3.06. The van der Waals surface area contributed by atoms with Gasteiger partial charge < -0.3 is 15.6 Å². The largest absolute Gasteiger partial charge is 0.370 e. The minimum Gasteiger partial charge on any atom is -0.370 e. The Labute approximate surface area is 150 Å². The van der Waals surface area contributed by atoms with E-state index in [1.54, 1.807) is 18.3 Å². The Morgan fingerprint density at radius 1 is 1.04 bits per heavy atom. The highest BCUT2D eigenvalue weighted by Gasteiger charge is 2.04. The molecule has 0 spiro atoms. The van der Waals surface area contributed by atoms with Gasteiger partial charge in [0, 0.05) is 35.5 Å². The fourth-order valence-corrected chi connectivity index (χ4v) is 2.88. The molecule has 0 radical (unpaired) electrons. The summed E-state index contributed by atoms with van der Waals surface area (Å²) >= 11 is 0. The van der Waals surface area contributed by atoms with Crippen LogP contribution in [-0.4, -0.2) is 21.5 Å². The minimum atomic E-state index is -0.303. The van der Waals surface area contributed by atoms with Crippen LogP contribution in [0.1, 0.15) is 5.56 Å². The molecule has 0 aliphatic carbocycles. The number of fused-ring (bicyclic) bond motifs is 1. The highest BCUT2D eigenvalue weighted by molar-refractivity contribution is 5.83. The van der Waals surface area contributed by atoms with E-state index in [-0.39, 0.29) is 5.82 Å². The summed E-state index contributed by atoms with van der Waals surface area (Å²) in [5.41, 5.74) is 3.02. The number of halogens is 1. The summed E-state index contributed by atoms with van der Waals surface area (Å²) in [5, 5.41) is 7.55. The summed E-state index contributed by atoms with van der Waals surface area (Å²) in [6.45, 7) is 0.748. The molecule has 4 rings (SSSR count). The first-order valence-corrected chi connectivity index (χ1v) is 8.42. The maximum Gasteiger partial charge on any atom is 0.229 e. The maximum atomic E-state index is 13.3. The first-order valence-electron chi connectivity index (χ1n) is 8.42. The highest BCUT2D eigenvalue weighted by atomic mass is 19.1. The van der Waals surface area contributed by atoms with Crippen LogP contribution in [0.5, 0.6) is 0 Å². The summed E-state index contributed by atoms with van der Waals surface area (Å²) in [7, 11) is 0. The van der Waals surface area contributed by atoms with Crippen LogP contribution in [0, 0.1) is 5.82 Å². The smallest absolute Gasteiger partial charge is 0.229 e. The fourth-order valence-electron chi connectivity index (χ4n) is 2.88. The van der Waals surface area contributed by atoms with E-state index in [2.05, 4.69) is 37.7 Å². The Morgan fingerprint density at radius 2 is 1.96 bits per heavy atom. The number of aromatic amines is 1. The molecule has 6 heteroatoms. The zero-order chi connectivity index (χ0) is 17.8. The third-order valence-corrected chi connectivity index (χ3v) is 4.11. The zero-order valence-electron chi connectivity index (χ0n) is 14.0. The van der Waals surface area contributed by atoms with Gasteiger partial charge in [0.25, 0.3) is 0 Å². The lowest BCUT2D eigenvalue weighted by Gasteiger charge is -2.08. The topological polar surface area (TPSA) is 65.6 Å². The number of aromatic nitrogens is 3. The van der Waals surface area contributed by atoms with E-state index >= 15 is 0 Å². The van der Waals surface area contributed by atoms with Crippen LogP contribution >= 0.6 is 0 Å². The van der Waals surface area contributed by atoms with Crippen molar-refractivity contribution in [3.63, 3.8) is 0 Å². The average molecular weight is 347 g/mol. The molecule has 2 heterocycles.